The Morgan fingerprint density at radius 3 is 2.50 bits per heavy atom. The second-order valence-electron chi connectivity index (χ2n) is 1.73. The first-order chi connectivity index (χ1) is 4.72. The Hall–Kier alpha value is -1.25. The van der Waals surface area contributed by atoms with E-state index >= 15 is 0 Å². The van der Waals surface area contributed by atoms with Crippen LogP contribution in [0.3, 0.4) is 0 Å². The van der Waals surface area contributed by atoms with Crippen LogP contribution >= 0.6 is 0 Å². The third-order valence-corrected chi connectivity index (χ3v) is 0.965. The van der Waals surface area contributed by atoms with Crippen molar-refractivity contribution in [3.8, 4) is 0 Å². The number of carbonyl (C=O) groups excluding carboxylic acids is 1. The number of ketones is 1. The molecule has 0 aromatic rings. The van der Waals surface area contributed by atoms with Gasteiger partial charge in [0.25, 0.3) is 0 Å². The van der Waals surface area contributed by atoms with Crippen LogP contribution in [0.4, 0.5) is 0 Å². The van der Waals surface area contributed by atoms with Crippen LogP contribution in [-0.4, -0.2) is 25.3 Å². The molecule has 3 heteroatoms. The molecule has 0 aliphatic heterocycles. The zero-order valence-electron chi connectivity index (χ0n) is 6.09. The molecule has 0 radical (unpaired) electrons. The molecule has 0 unspecified atom stereocenters. The summed E-state index contributed by atoms with van der Waals surface area (Å²) in [7, 11) is 1.61. The molecule has 0 aliphatic carbocycles. The molecule has 0 rings (SSSR count). The van der Waals surface area contributed by atoms with Crippen molar-refractivity contribution in [1.82, 2.24) is 0 Å². The molecule has 0 aliphatic rings. The number of hydrogen-bond donors (Lipinski definition) is 1. The molecular weight excluding hydrogens is 128 g/mol. The van der Waals surface area contributed by atoms with Crippen molar-refractivity contribution in [3.63, 3.8) is 0 Å². The van der Waals surface area contributed by atoms with E-state index < -0.39 is 0 Å². The number of rotatable bonds is 3. The van der Waals surface area contributed by atoms with Crippen LogP contribution in [0.2, 0.25) is 0 Å². The first kappa shape index (κ1) is 8.75. The Kier molecular flexibility index (Phi) is 4.04. The van der Waals surface area contributed by atoms with E-state index in [-0.39, 0.29) is 5.78 Å². The van der Waals surface area contributed by atoms with Gasteiger partial charge in [-0.15, -0.1) is 0 Å². The average molecular weight is 138 g/mol. The monoisotopic (exact) mass is 138 g/mol. The van der Waals surface area contributed by atoms with Crippen LogP contribution in [0, 0.1) is 5.41 Å². The Labute approximate surface area is 60.0 Å². The summed E-state index contributed by atoms with van der Waals surface area (Å²) in [6.45, 7) is 1.42. The maximum Gasteiger partial charge on any atom is 0.161 e. The molecule has 0 atom stereocenters. The highest BCUT2D eigenvalue weighted by atomic mass is 16.1. The van der Waals surface area contributed by atoms with Crippen LogP contribution < -0.4 is 0 Å². The van der Waals surface area contributed by atoms with Gasteiger partial charge in [0.15, 0.2) is 5.78 Å². The van der Waals surface area contributed by atoms with Gasteiger partial charge in [0.05, 0.1) is 0 Å². The Morgan fingerprint density at radius 1 is 1.60 bits per heavy atom. The minimum absolute atomic E-state index is 0.116. The van der Waals surface area contributed by atoms with Gasteiger partial charge in [-0.1, -0.05) is 0 Å². The maximum atomic E-state index is 10.6. The summed E-state index contributed by atoms with van der Waals surface area (Å²) in [4.78, 5) is 14.2. The molecule has 1 N–H and O–H groups in total. The highest BCUT2D eigenvalue weighted by molar-refractivity contribution is 6.13. The summed E-state index contributed by atoms with van der Waals surface area (Å²) in [5.74, 6) is -0.116. The van der Waals surface area contributed by atoms with Gasteiger partial charge in [0, 0.05) is 25.0 Å². The first-order valence-corrected chi connectivity index (χ1v) is 2.86. The summed E-state index contributed by atoms with van der Waals surface area (Å²) in [6, 6.07) is 0. The molecule has 0 bridgehead atoms. The van der Waals surface area contributed by atoms with E-state index in [4.69, 9.17) is 5.41 Å². The second kappa shape index (κ2) is 4.61. The lowest BCUT2D eigenvalue weighted by Gasteiger charge is -1.87. The van der Waals surface area contributed by atoms with Gasteiger partial charge in [-0.2, -0.15) is 0 Å². The highest BCUT2D eigenvalue weighted by Crippen LogP contribution is 1.88. The number of nitrogens with zero attached hydrogens (tertiary/aromatic N) is 1. The highest BCUT2D eigenvalue weighted by Gasteiger charge is 1.95. The lowest BCUT2D eigenvalue weighted by Crippen LogP contribution is -1.96. The molecule has 0 aromatic carbocycles. The average Bonchev–Trinajstić information content (AvgIpc) is 1.89. The van der Waals surface area contributed by atoms with Gasteiger partial charge in [0.2, 0.25) is 0 Å². The fourth-order valence-electron chi connectivity index (χ4n) is 0.422. The molecule has 54 valence electrons. The Morgan fingerprint density at radius 2 is 2.20 bits per heavy atom. The summed E-state index contributed by atoms with van der Waals surface area (Å²) in [6.07, 6.45) is 4.01. The van der Waals surface area contributed by atoms with Crippen molar-refractivity contribution in [2.24, 2.45) is 4.99 Å². The molecular formula is C7H10N2O. The van der Waals surface area contributed by atoms with Crippen molar-refractivity contribution in [1.29, 1.82) is 5.41 Å². The number of aliphatic imine (C=N–C) groups is 1. The number of Topliss-reactive ketones (excluding diaryl/α,β-unsaturated/α-hetero) is 1. The third-order valence-electron chi connectivity index (χ3n) is 0.965. The van der Waals surface area contributed by atoms with Gasteiger partial charge >= 0.3 is 0 Å². The zero-order chi connectivity index (χ0) is 7.98. The standard InChI is InChI=1S/C7H10N2O/c1-6(10)7(5-8)3-4-9-2/h3-5,8H,1-2H3/b7-3+,8-5?,9-4?. The minimum atomic E-state index is -0.116. The lowest BCUT2D eigenvalue weighted by atomic mass is 10.2. The maximum absolute atomic E-state index is 10.6. The van der Waals surface area contributed by atoms with E-state index in [2.05, 4.69) is 4.99 Å². The predicted octanol–water partition coefficient (Wildman–Crippen LogP) is 0.852. The fraction of sp³-hybridized carbons (Fsp3) is 0.286. The van der Waals surface area contributed by atoms with Gasteiger partial charge in [-0.3, -0.25) is 9.79 Å². The summed E-state index contributed by atoms with van der Waals surface area (Å²) in [5, 5.41) is 6.79. The van der Waals surface area contributed by atoms with E-state index in [1.165, 1.54) is 19.2 Å². The van der Waals surface area contributed by atoms with Crippen LogP contribution in [0.15, 0.2) is 16.6 Å². The molecule has 0 heterocycles. The van der Waals surface area contributed by atoms with Crippen LogP contribution in [0.5, 0.6) is 0 Å². The second-order valence-corrected chi connectivity index (χ2v) is 1.73. The van der Waals surface area contributed by atoms with Gasteiger partial charge in [0.1, 0.15) is 0 Å². The van der Waals surface area contributed by atoms with E-state index in [1.54, 1.807) is 7.05 Å². The summed E-state index contributed by atoms with van der Waals surface area (Å²) >= 11 is 0. The molecule has 0 amide bonds. The fourth-order valence-corrected chi connectivity index (χ4v) is 0.422. The van der Waals surface area contributed by atoms with Gasteiger partial charge in [-0.05, 0) is 13.0 Å². The van der Waals surface area contributed by atoms with E-state index in [0.29, 0.717) is 5.57 Å². The molecule has 0 saturated carbocycles. The van der Waals surface area contributed by atoms with Crippen molar-refractivity contribution >= 4 is 18.2 Å². The van der Waals surface area contributed by atoms with E-state index in [1.807, 2.05) is 0 Å². The van der Waals surface area contributed by atoms with Crippen molar-refractivity contribution in [2.45, 2.75) is 6.92 Å². The van der Waals surface area contributed by atoms with E-state index in [0.717, 1.165) is 6.21 Å². The molecule has 0 spiro atoms. The Bertz CT molecular complexity index is 192. The predicted molar refractivity (Wildman–Crippen MR) is 42.0 cm³/mol. The zero-order valence-corrected chi connectivity index (χ0v) is 6.09. The van der Waals surface area contributed by atoms with Crippen molar-refractivity contribution in [3.05, 3.63) is 11.6 Å². The van der Waals surface area contributed by atoms with Crippen LogP contribution in [-0.2, 0) is 4.79 Å². The van der Waals surface area contributed by atoms with Crippen LogP contribution in [0.1, 0.15) is 6.92 Å². The molecule has 0 aromatic heterocycles. The third kappa shape index (κ3) is 2.91. The molecule has 3 nitrogen and oxygen atoms in total. The van der Waals surface area contributed by atoms with E-state index in [9.17, 15) is 4.79 Å². The van der Waals surface area contributed by atoms with Crippen LogP contribution in [0.25, 0.3) is 0 Å². The topological polar surface area (TPSA) is 53.3 Å². The quantitative estimate of drug-likeness (QED) is 0.456. The molecule has 10 heavy (non-hydrogen) atoms. The Balaban J connectivity index is 4.33. The first-order valence-electron chi connectivity index (χ1n) is 2.86. The number of hydrogen-bond acceptors (Lipinski definition) is 3. The number of nitrogens with one attached hydrogen (secondary N) is 1. The summed E-state index contributed by atoms with van der Waals surface area (Å²) < 4.78 is 0. The normalized spacial score (nSPS) is 12.0. The smallest absolute Gasteiger partial charge is 0.161 e. The number of carbonyl (C=O) groups is 1. The summed E-state index contributed by atoms with van der Waals surface area (Å²) in [5.41, 5.74) is 0.366. The largest absolute Gasteiger partial charge is 0.308 e. The minimum Gasteiger partial charge on any atom is -0.308 e. The molecule has 0 saturated heterocycles. The van der Waals surface area contributed by atoms with Crippen molar-refractivity contribution < 1.29 is 4.79 Å². The number of allylic oxidation sites excluding steroid dienone is 2. The van der Waals surface area contributed by atoms with Gasteiger partial charge < -0.3 is 5.41 Å². The van der Waals surface area contributed by atoms with Gasteiger partial charge in [-0.25, -0.2) is 0 Å². The van der Waals surface area contributed by atoms with Crippen molar-refractivity contribution in [2.75, 3.05) is 7.05 Å². The molecule has 0 fully saturated rings. The lowest BCUT2D eigenvalue weighted by molar-refractivity contribution is -0.113. The SMILES string of the molecule is CN=C/C=C(\C=N)C(C)=O.